The van der Waals surface area contributed by atoms with Crippen LogP contribution in [0.1, 0.15) is 37.0 Å². The fourth-order valence-corrected chi connectivity index (χ4v) is 2.28. The Hall–Kier alpha value is -1.81. The van der Waals surface area contributed by atoms with Crippen LogP contribution < -0.4 is 10.1 Å². The second kappa shape index (κ2) is 6.76. The molecule has 1 N–H and O–H groups in total. The van der Waals surface area contributed by atoms with E-state index >= 15 is 0 Å². The summed E-state index contributed by atoms with van der Waals surface area (Å²) in [5, 5.41) is 2.94. The third kappa shape index (κ3) is 4.60. The second-order valence-electron chi connectivity index (χ2n) is 5.86. The van der Waals surface area contributed by atoms with Crippen molar-refractivity contribution in [2.24, 2.45) is 0 Å². The quantitative estimate of drug-likeness (QED) is 0.819. The van der Waals surface area contributed by atoms with Crippen LogP contribution in [0.3, 0.4) is 0 Å². The molecule has 1 aromatic carbocycles. The van der Waals surface area contributed by atoms with Crippen molar-refractivity contribution in [2.45, 2.75) is 32.3 Å². The Morgan fingerprint density at radius 1 is 1.52 bits per heavy atom. The number of carbonyl (C=O) groups is 1. The summed E-state index contributed by atoms with van der Waals surface area (Å²) in [5.74, 6) is 0.571. The largest absolute Gasteiger partial charge is 0.489 e. The summed E-state index contributed by atoms with van der Waals surface area (Å²) in [6.07, 6.45) is 2.03. The van der Waals surface area contributed by atoms with Crippen molar-refractivity contribution in [2.75, 3.05) is 19.8 Å². The Morgan fingerprint density at radius 3 is 3.00 bits per heavy atom. The third-order valence-electron chi connectivity index (χ3n) is 3.50. The average Bonchev–Trinajstić information content (AvgIpc) is 2.90. The lowest BCUT2D eigenvalue weighted by Crippen LogP contribution is -2.40. The topological polar surface area (TPSA) is 47.6 Å². The SMILES string of the molecule is C=C(C)COc1cccc(C(=O)NC[C@]2(C)CCCO2)c1. The molecule has 0 aromatic heterocycles. The number of ether oxygens (including phenoxy) is 2. The monoisotopic (exact) mass is 289 g/mol. The standard InChI is InChI=1S/C17H23NO3/c1-13(2)11-20-15-7-4-6-14(10-15)16(19)18-12-17(3)8-5-9-21-17/h4,6-7,10H,1,5,8-9,11-12H2,2-3H3,(H,18,19)/t17-/m0/s1. The van der Waals surface area contributed by atoms with E-state index in [9.17, 15) is 4.79 Å². The molecule has 0 bridgehead atoms. The van der Waals surface area contributed by atoms with Gasteiger partial charge < -0.3 is 14.8 Å². The van der Waals surface area contributed by atoms with E-state index in [-0.39, 0.29) is 11.5 Å². The first-order chi connectivity index (χ1) is 9.98. The van der Waals surface area contributed by atoms with E-state index in [2.05, 4.69) is 11.9 Å². The average molecular weight is 289 g/mol. The van der Waals surface area contributed by atoms with Gasteiger partial charge in [-0.2, -0.15) is 0 Å². The van der Waals surface area contributed by atoms with Gasteiger partial charge in [0, 0.05) is 18.7 Å². The molecule has 1 amide bonds. The predicted octanol–water partition coefficient (Wildman–Crippen LogP) is 2.94. The number of nitrogens with one attached hydrogen (secondary N) is 1. The van der Waals surface area contributed by atoms with E-state index in [0.717, 1.165) is 25.0 Å². The summed E-state index contributed by atoms with van der Waals surface area (Å²) in [6, 6.07) is 7.18. The Labute approximate surface area is 126 Å². The maximum atomic E-state index is 12.2. The number of carbonyl (C=O) groups excluding carboxylic acids is 1. The lowest BCUT2D eigenvalue weighted by atomic mass is 10.0. The Balaban J connectivity index is 1.92. The first-order valence-corrected chi connectivity index (χ1v) is 7.28. The summed E-state index contributed by atoms with van der Waals surface area (Å²) in [7, 11) is 0. The summed E-state index contributed by atoms with van der Waals surface area (Å²) in [6.45, 7) is 9.49. The minimum Gasteiger partial charge on any atom is -0.489 e. The molecule has 0 unspecified atom stereocenters. The first kappa shape index (κ1) is 15.6. The van der Waals surface area contributed by atoms with Crippen molar-refractivity contribution in [1.29, 1.82) is 0 Å². The molecule has 1 aromatic rings. The lowest BCUT2D eigenvalue weighted by Gasteiger charge is -2.23. The molecule has 1 atom stereocenters. The van der Waals surface area contributed by atoms with Crippen LogP contribution in [-0.2, 0) is 4.74 Å². The van der Waals surface area contributed by atoms with Gasteiger partial charge in [0.2, 0.25) is 0 Å². The zero-order chi connectivity index (χ0) is 15.3. The number of benzene rings is 1. The highest BCUT2D eigenvalue weighted by Crippen LogP contribution is 2.24. The highest BCUT2D eigenvalue weighted by atomic mass is 16.5. The maximum Gasteiger partial charge on any atom is 0.251 e. The van der Waals surface area contributed by atoms with Gasteiger partial charge in [0.05, 0.1) is 5.60 Å². The van der Waals surface area contributed by atoms with E-state index in [4.69, 9.17) is 9.47 Å². The molecular formula is C17H23NO3. The van der Waals surface area contributed by atoms with E-state index < -0.39 is 0 Å². The van der Waals surface area contributed by atoms with Crippen LogP contribution in [0.15, 0.2) is 36.4 Å². The summed E-state index contributed by atoms with van der Waals surface area (Å²) < 4.78 is 11.2. The lowest BCUT2D eigenvalue weighted by molar-refractivity contribution is 0.0206. The molecule has 1 saturated heterocycles. The molecule has 2 rings (SSSR count). The van der Waals surface area contributed by atoms with Crippen molar-refractivity contribution in [3.63, 3.8) is 0 Å². The van der Waals surface area contributed by atoms with Crippen LogP contribution in [-0.4, -0.2) is 31.3 Å². The van der Waals surface area contributed by atoms with Crippen molar-refractivity contribution in [3.8, 4) is 5.75 Å². The molecule has 0 aliphatic carbocycles. The van der Waals surface area contributed by atoms with Crippen LogP contribution in [0.25, 0.3) is 0 Å². The van der Waals surface area contributed by atoms with Crippen molar-refractivity contribution in [1.82, 2.24) is 5.32 Å². The maximum absolute atomic E-state index is 12.2. The molecule has 114 valence electrons. The molecule has 1 fully saturated rings. The van der Waals surface area contributed by atoms with Gasteiger partial charge in [-0.3, -0.25) is 4.79 Å². The molecule has 1 aliphatic heterocycles. The van der Waals surface area contributed by atoms with Crippen LogP contribution in [0.4, 0.5) is 0 Å². The first-order valence-electron chi connectivity index (χ1n) is 7.28. The van der Waals surface area contributed by atoms with E-state index in [1.165, 1.54) is 0 Å². The van der Waals surface area contributed by atoms with Gasteiger partial charge in [-0.05, 0) is 50.5 Å². The fraction of sp³-hybridized carbons (Fsp3) is 0.471. The van der Waals surface area contributed by atoms with Gasteiger partial charge in [-0.1, -0.05) is 12.6 Å². The third-order valence-corrected chi connectivity index (χ3v) is 3.50. The molecule has 1 aliphatic rings. The Bertz CT molecular complexity index is 519. The van der Waals surface area contributed by atoms with Gasteiger partial charge in [0.25, 0.3) is 5.91 Å². The summed E-state index contributed by atoms with van der Waals surface area (Å²) >= 11 is 0. The van der Waals surface area contributed by atoms with Crippen molar-refractivity contribution < 1.29 is 14.3 Å². The van der Waals surface area contributed by atoms with Crippen molar-refractivity contribution >= 4 is 5.91 Å². The van der Waals surface area contributed by atoms with Crippen LogP contribution >= 0.6 is 0 Å². The molecule has 1 heterocycles. The minimum atomic E-state index is -0.232. The molecule has 4 heteroatoms. The van der Waals surface area contributed by atoms with Gasteiger partial charge in [-0.25, -0.2) is 0 Å². The summed E-state index contributed by atoms with van der Waals surface area (Å²) in [5.41, 5.74) is 1.30. The number of rotatable bonds is 6. The smallest absolute Gasteiger partial charge is 0.251 e. The summed E-state index contributed by atoms with van der Waals surface area (Å²) in [4.78, 5) is 12.2. The highest BCUT2D eigenvalue weighted by Gasteiger charge is 2.30. The minimum absolute atomic E-state index is 0.104. The molecule has 0 spiro atoms. The fourth-order valence-electron chi connectivity index (χ4n) is 2.28. The van der Waals surface area contributed by atoms with Crippen molar-refractivity contribution in [3.05, 3.63) is 42.0 Å². The Morgan fingerprint density at radius 2 is 2.33 bits per heavy atom. The van der Waals surface area contributed by atoms with E-state index in [1.807, 2.05) is 26.0 Å². The van der Waals surface area contributed by atoms with Gasteiger partial charge in [0.15, 0.2) is 0 Å². The zero-order valence-corrected chi connectivity index (χ0v) is 12.8. The molecule has 21 heavy (non-hydrogen) atoms. The van der Waals surface area contributed by atoms with Gasteiger partial charge in [-0.15, -0.1) is 0 Å². The normalized spacial score (nSPS) is 21.0. The number of hydrogen-bond acceptors (Lipinski definition) is 3. The molecular weight excluding hydrogens is 266 g/mol. The molecule has 0 radical (unpaired) electrons. The van der Waals surface area contributed by atoms with E-state index in [0.29, 0.717) is 24.5 Å². The van der Waals surface area contributed by atoms with Gasteiger partial charge >= 0.3 is 0 Å². The van der Waals surface area contributed by atoms with Crippen LogP contribution in [0, 0.1) is 0 Å². The van der Waals surface area contributed by atoms with Gasteiger partial charge in [0.1, 0.15) is 12.4 Å². The highest BCUT2D eigenvalue weighted by molar-refractivity contribution is 5.94. The zero-order valence-electron chi connectivity index (χ0n) is 12.8. The van der Waals surface area contributed by atoms with Crippen LogP contribution in [0.5, 0.6) is 5.75 Å². The second-order valence-corrected chi connectivity index (χ2v) is 5.86. The molecule has 0 saturated carbocycles. The number of amides is 1. The number of hydrogen-bond donors (Lipinski definition) is 1. The Kier molecular flexibility index (Phi) is 5.02. The predicted molar refractivity (Wildman–Crippen MR) is 82.7 cm³/mol. The van der Waals surface area contributed by atoms with Crippen LogP contribution in [0.2, 0.25) is 0 Å². The molecule has 4 nitrogen and oxygen atoms in total. The van der Waals surface area contributed by atoms with E-state index in [1.54, 1.807) is 12.1 Å².